The van der Waals surface area contributed by atoms with Crippen molar-refractivity contribution in [1.82, 2.24) is 9.88 Å². The molecule has 2 aliphatic carbocycles. The summed E-state index contributed by atoms with van der Waals surface area (Å²) in [5.41, 5.74) is 2.74. The number of ether oxygens (including phenoxy) is 1. The molecular weight excluding hydrogens is 382 g/mol. The second kappa shape index (κ2) is 6.39. The lowest BCUT2D eigenvalue weighted by molar-refractivity contribution is -0.141. The van der Waals surface area contributed by atoms with E-state index in [0.717, 1.165) is 29.0 Å². The van der Waals surface area contributed by atoms with Crippen molar-refractivity contribution in [3.05, 3.63) is 59.9 Å². The first kappa shape index (κ1) is 17.6. The maximum Gasteiger partial charge on any atom is 0.233 e. The molecule has 2 bridgehead atoms. The van der Waals surface area contributed by atoms with Crippen LogP contribution in [-0.4, -0.2) is 40.6 Å². The largest absolute Gasteiger partial charge is 0.497 e. The van der Waals surface area contributed by atoms with Gasteiger partial charge in [0.2, 0.25) is 11.8 Å². The predicted molar refractivity (Wildman–Crippen MR) is 106 cm³/mol. The van der Waals surface area contributed by atoms with Gasteiger partial charge in [0, 0.05) is 29.8 Å². The number of amides is 2. The van der Waals surface area contributed by atoms with Crippen LogP contribution in [0.2, 0.25) is 0 Å². The predicted octanol–water partition coefficient (Wildman–Crippen LogP) is 2.26. The Kier molecular flexibility index (Phi) is 3.75. The lowest BCUT2D eigenvalue weighted by Gasteiger charge is -2.29. The fourth-order valence-electron chi connectivity index (χ4n) is 6.02. The molecule has 3 fully saturated rings. The normalized spacial score (nSPS) is 33.4. The summed E-state index contributed by atoms with van der Waals surface area (Å²) in [6.07, 6.45) is 4.11. The van der Waals surface area contributed by atoms with Crippen LogP contribution in [0.1, 0.15) is 17.5 Å². The summed E-state index contributed by atoms with van der Waals surface area (Å²) in [5.74, 6) is 0.284. The Morgan fingerprint density at radius 2 is 1.83 bits per heavy atom. The van der Waals surface area contributed by atoms with E-state index in [1.165, 1.54) is 4.90 Å². The summed E-state index contributed by atoms with van der Waals surface area (Å²) in [4.78, 5) is 37.8. The van der Waals surface area contributed by atoms with Crippen LogP contribution in [0.3, 0.4) is 0 Å². The van der Waals surface area contributed by atoms with Crippen molar-refractivity contribution in [2.45, 2.75) is 19.1 Å². The first-order valence-corrected chi connectivity index (χ1v) is 10.3. The number of hydrogen-bond acceptors (Lipinski definition) is 6. The maximum atomic E-state index is 13.3. The van der Waals surface area contributed by atoms with Gasteiger partial charge in [-0.2, -0.15) is 0 Å². The van der Waals surface area contributed by atoms with Gasteiger partial charge in [-0.05, 0) is 48.2 Å². The number of pyridine rings is 1. The van der Waals surface area contributed by atoms with Gasteiger partial charge in [-0.25, -0.2) is 0 Å². The number of carbonyl (C=O) groups excluding carboxylic acids is 2. The molecule has 4 aliphatic rings. The maximum absolute atomic E-state index is 13.3. The standard InChI is InChI=1S/C23H21N3O4/c1-29-14-6-4-13(5-7-14)20-19-15-9-16(21(19)30-25-20)18-17(15)22(27)26(23(18)28)11-12-3-2-8-24-10-12/h2-8,10,15-19,21H,9,11H2,1H3/t15-,16+,17+,18-,19+,21+/m0/s1. The van der Waals surface area contributed by atoms with E-state index < -0.39 is 0 Å². The Morgan fingerprint density at radius 1 is 1.07 bits per heavy atom. The molecule has 6 rings (SSSR count). The number of aromatic nitrogens is 1. The minimum absolute atomic E-state index is 0.0415. The summed E-state index contributed by atoms with van der Waals surface area (Å²) >= 11 is 0. The molecule has 30 heavy (non-hydrogen) atoms. The average Bonchev–Trinajstić information content (AvgIpc) is 3.52. The second-order valence-electron chi connectivity index (χ2n) is 8.54. The quantitative estimate of drug-likeness (QED) is 0.732. The Bertz CT molecular complexity index is 1050. The van der Waals surface area contributed by atoms with Crippen LogP contribution in [-0.2, 0) is 21.0 Å². The molecule has 1 aromatic carbocycles. The SMILES string of the molecule is COc1ccc(C2=NO[C@@H]3[C@@H]4C[C@@H]([C@H]5C(=O)N(Cc6cccnc6)C(=O)[C@@H]45)[C@H]23)cc1. The molecule has 152 valence electrons. The number of imide groups is 1. The highest BCUT2D eigenvalue weighted by molar-refractivity contribution is 6.08. The molecular formula is C23H21N3O4. The molecule has 2 aromatic rings. The van der Waals surface area contributed by atoms with Gasteiger partial charge in [0.05, 0.1) is 31.2 Å². The van der Waals surface area contributed by atoms with Crippen molar-refractivity contribution in [1.29, 1.82) is 0 Å². The van der Waals surface area contributed by atoms with Crippen LogP contribution in [0.25, 0.3) is 0 Å². The molecule has 3 heterocycles. The highest BCUT2D eigenvalue weighted by Gasteiger charge is 2.70. The zero-order valence-electron chi connectivity index (χ0n) is 16.5. The fourth-order valence-corrected chi connectivity index (χ4v) is 6.02. The molecule has 7 nitrogen and oxygen atoms in total. The molecule has 6 atom stereocenters. The molecule has 1 aromatic heterocycles. The van der Waals surface area contributed by atoms with Gasteiger partial charge in [-0.3, -0.25) is 19.5 Å². The highest BCUT2D eigenvalue weighted by Crippen LogP contribution is 2.61. The van der Waals surface area contributed by atoms with Crippen LogP contribution in [0.5, 0.6) is 5.75 Å². The minimum atomic E-state index is -0.286. The van der Waals surface area contributed by atoms with Crippen LogP contribution < -0.4 is 4.74 Å². The van der Waals surface area contributed by atoms with E-state index in [2.05, 4.69) is 10.1 Å². The van der Waals surface area contributed by atoms with E-state index in [0.29, 0.717) is 0 Å². The molecule has 7 heteroatoms. The fraction of sp³-hybridized carbons (Fsp3) is 0.391. The summed E-state index contributed by atoms with van der Waals surface area (Å²) in [7, 11) is 1.64. The number of oxime groups is 1. The average molecular weight is 403 g/mol. The van der Waals surface area contributed by atoms with Gasteiger partial charge in [0.15, 0.2) is 0 Å². The van der Waals surface area contributed by atoms with Crippen LogP contribution in [0.15, 0.2) is 53.9 Å². The van der Waals surface area contributed by atoms with Crippen LogP contribution in [0.4, 0.5) is 0 Å². The molecule has 2 aliphatic heterocycles. The number of fused-ring (bicyclic) bond motifs is 8. The summed E-state index contributed by atoms with van der Waals surface area (Å²) in [6, 6.07) is 11.5. The van der Waals surface area contributed by atoms with Gasteiger partial charge in [-0.15, -0.1) is 0 Å². The number of methoxy groups -OCH3 is 1. The van der Waals surface area contributed by atoms with E-state index >= 15 is 0 Å². The Morgan fingerprint density at radius 3 is 2.53 bits per heavy atom. The molecule has 0 unspecified atom stereocenters. The van der Waals surface area contributed by atoms with Gasteiger partial charge in [0.1, 0.15) is 11.9 Å². The van der Waals surface area contributed by atoms with Crippen molar-refractivity contribution >= 4 is 17.5 Å². The third kappa shape index (κ3) is 2.32. The number of rotatable bonds is 4. The smallest absolute Gasteiger partial charge is 0.233 e. The lowest BCUT2D eigenvalue weighted by Crippen LogP contribution is -2.41. The summed E-state index contributed by atoms with van der Waals surface area (Å²) < 4.78 is 5.25. The van der Waals surface area contributed by atoms with Gasteiger partial charge in [-0.1, -0.05) is 11.2 Å². The van der Waals surface area contributed by atoms with Crippen molar-refractivity contribution in [3.8, 4) is 5.75 Å². The van der Waals surface area contributed by atoms with E-state index in [1.807, 2.05) is 36.4 Å². The van der Waals surface area contributed by atoms with E-state index in [4.69, 9.17) is 9.57 Å². The van der Waals surface area contributed by atoms with Gasteiger partial charge in [0.25, 0.3) is 0 Å². The van der Waals surface area contributed by atoms with E-state index in [-0.39, 0.29) is 54.1 Å². The number of benzene rings is 1. The lowest BCUT2D eigenvalue weighted by atomic mass is 9.71. The topological polar surface area (TPSA) is 81.1 Å². The highest BCUT2D eigenvalue weighted by atomic mass is 16.6. The Balaban J connectivity index is 1.28. The Hall–Kier alpha value is -3.22. The third-order valence-corrected chi connectivity index (χ3v) is 7.23. The van der Waals surface area contributed by atoms with Crippen molar-refractivity contribution in [2.24, 2.45) is 34.7 Å². The van der Waals surface area contributed by atoms with Crippen LogP contribution in [0, 0.1) is 29.6 Å². The molecule has 1 saturated heterocycles. The minimum Gasteiger partial charge on any atom is -0.497 e. The Labute approximate surface area is 173 Å². The first-order chi connectivity index (χ1) is 14.7. The third-order valence-electron chi connectivity index (χ3n) is 7.23. The van der Waals surface area contributed by atoms with Crippen molar-refractivity contribution in [3.63, 3.8) is 0 Å². The molecule has 0 spiro atoms. The van der Waals surface area contributed by atoms with Gasteiger partial charge >= 0.3 is 0 Å². The van der Waals surface area contributed by atoms with Crippen molar-refractivity contribution in [2.75, 3.05) is 7.11 Å². The monoisotopic (exact) mass is 403 g/mol. The summed E-state index contributed by atoms with van der Waals surface area (Å²) in [6.45, 7) is 0.285. The molecule has 0 radical (unpaired) electrons. The number of hydrogen-bond donors (Lipinski definition) is 0. The molecule has 2 saturated carbocycles. The number of carbonyl (C=O) groups is 2. The van der Waals surface area contributed by atoms with E-state index in [9.17, 15) is 9.59 Å². The van der Waals surface area contributed by atoms with Crippen molar-refractivity contribution < 1.29 is 19.2 Å². The van der Waals surface area contributed by atoms with Crippen LogP contribution >= 0.6 is 0 Å². The van der Waals surface area contributed by atoms with E-state index in [1.54, 1.807) is 19.5 Å². The first-order valence-electron chi connectivity index (χ1n) is 10.3. The zero-order chi connectivity index (χ0) is 20.4. The number of nitrogens with zero attached hydrogens (tertiary/aromatic N) is 3. The molecule has 0 N–H and O–H groups in total. The number of likely N-dealkylation sites (tertiary alicyclic amines) is 1. The molecule has 2 amide bonds. The second-order valence-corrected chi connectivity index (χ2v) is 8.54. The summed E-state index contributed by atoms with van der Waals surface area (Å²) in [5, 5.41) is 4.38. The van der Waals surface area contributed by atoms with Gasteiger partial charge < -0.3 is 9.57 Å². The zero-order valence-corrected chi connectivity index (χ0v) is 16.5.